The number of amides is 1. The van der Waals surface area contributed by atoms with E-state index < -0.39 is 0 Å². The van der Waals surface area contributed by atoms with Gasteiger partial charge in [0.05, 0.1) is 11.7 Å². The van der Waals surface area contributed by atoms with Crippen LogP contribution in [-0.2, 0) is 17.7 Å². The molecule has 1 atom stereocenters. The zero-order chi connectivity index (χ0) is 16.4. The SMILES string of the molecule is O=C(c1ccccc1OC[C@H]1CCCO1)N1CCc2sccc2C1. The van der Waals surface area contributed by atoms with E-state index in [-0.39, 0.29) is 12.0 Å². The monoisotopic (exact) mass is 343 g/mol. The Morgan fingerprint density at radius 2 is 2.25 bits per heavy atom. The highest BCUT2D eigenvalue weighted by Gasteiger charge is 2.25. The van der Waals surface area contributed by atoms with Crippen LogP contribution in [0.3, 0.4) is 0 Å². The molecule has 3 heterocycles. The first kappa shape index (κ1) is 15.7. The third-order valence-corrected chi connectivity index (χ3v) is 5.68. The number of fused-ring (bicyclic) bond motifs is 1. The topological polar surface area (TPSA) is 38.8 Å². The van der Waals surface area contributed by atoms with Crippen LogP contribution in [0, 0.1) is 0 Å². The molecular weight excluding hydrogens is 322 g/mol. The number of rotatable bonds is 4. The fourth-order valence-corrected chi connectivity index (χ4v) is 4.21. The van der Waals surface area contributed by atoms with E-state index >= 15 is 0 Å². The molecule has 1 saturated heterocycles. The Bertz CT molecular complexity index is 721. The highest BCUT2D eigenvalue weighted by atomic mass is 32.1. The lowest BCUT2D eigenvalue weighted by Crippen LogP contribution is -2.35. The molecule has 1 aromatic heterocycles. The summed E-state index contributed by atoms with van der Waals surface area (Å²) in [6.07, 6.45) is 3.21. The van der Waals surface area contributed by atoms with Crippen LogP contribution in [0.2, 0.25) is 0 Å². The largest absolute Gasteiger partial charge is 0.490 e. The van der Waals surface area contributed by atoms with E-state index in [9.17, 15) is 4.79 Å². The molecule has 1 amide bonds. The van der Waals surface area contributed by atoms with Crippen LogP contribution in [0.1, 0.15) is 33.6 Å². The summed E-state index contributed by atoms with van der Waals surface area (Å²) in [5.74, 6) is 0.712. The normalized spacial score (nSPS) is 20.0. The molecule has 2 aliphatic heterocycles. The van der Waals surface area contributed by atoms with Crippen molar-refractivity contribution in [3.8, 4) is 5.75 Å². The smallest absolute Gasteiger partial charge is 0.257 e. The maximum absolute atomic E-state index is 13.0. The summed E-state index contributed by atoms with van der Waals surface area (Å²) in [4.78, 5) is 16.3. The van der Waals surface area contributed by atoms with Gasteiger partial charge in [0.2, 0.25) is 0 Å². The summed E-state index contributed by atoms with van der Waals surface area (Å²) in [6.45, 7) is 2.79. The van der Waals surface area contributed by atoms with Crippen molar-refractivity contribution in [3.63, 3.8) is 0 Å². The van der Waals surface area contributed by atoms with Crippen molar-refractivity contribution in [3.05, 3.63) is 51.7 Å². The van der Waals surface area contributed by atoms with Crippen molar-refractivity contribution in [1.29, 1.82) is 0 Å². The molecule has 0 spiro atoms. The van der Waals surface area contributed by atoms with Crippen LogP contribution in [-0.4, -0.2) is 36.7 Å². The van der Waals surface area contributed by atoms with Gasteiger partial charge < -0.3 is 14.4 Å². The number of ether oxygens (including phenoxy) is 2. The molecule has 0 unspecified atom stereocenters. The van der Waals surface area contributed by atoms with Gasteiger partial charge in [0.25, 0.3) is 5.91 Å². The standard InChI is InChI=1S/C19H21NO3S/c21-19(20-9-7-18-14(12-20)8-11-24-18)16-5-1-2-6-17(16)23-13-15-4-3-10-22-15/h1-2,5-6,8,11,15H,3-4,7,9-10,12-13H2/t15-/m1/s1. The average Bonchev–Trinajstić information content (AvgIpc) is 3.30. The first-order chi connectivity index (χ1) is 11.8. The second kappa shape index (κ2) is 6.95. The fraction of sp³-hybridized carbons (Fsp3) is 0.421. The van der Waals surface area contributed by atoms with Crippen molar-refractivity contribution >= 4 is 17.2 Å². The number of benzene rings is 1. The summed E-state index contributed by atoms with van der Waals surface area (Å²) in [5.41, 5.74) is 1.92. The number of nitrogens with zero attached hydrogens (tertiary/aromatic N) is 1. The van der Waals surface area contributed by atoms with Crippen LogP contribution >= 0.6 is 11.3 Å². The molecule has 2 aliphatic rings. The lowest BCUT2D eigenvalue weighted by molar-refractivity contribution is 0.0645. The Morgan fingerprint density at radius 1 is 1.33 bits per heavy atom. The van der Waals surface area contributed by atoms with Crippen LogP contribution in [0.4, 0.5) is 0 Å². The maximum atomic E-state index is 13.0. The molecule has 4 nitrogen and oxygen atoms in total. The van der Waals surface area contributed by atoms with E-state index in [1.54, 1.807) is 11.3 Å². The summed E-state index contributed by atoms with van der Waals surface area (Å²) < 4.78 is 11.5. The van der Waals surface area contributed by atoms with Gasteiger partial charge in [-0.05, 0) is 48.4 Å². The molecule has 1 aromatic carbocycles. The van der Waals surface area contributed by atoms with Gasteiger partial charge in [-0.25, -0.2) is 0 Å². The van der Waals surface area contributed by atoms with Crippen molar-refractivity contribution in [2.24, 2.45) is 0 Å². The van der Waals surface area contributed by atoms with Gasteiger partial charge in [0.15, 0.2) is 0 Å². The van der Waals surface area contributed by atoms with Gasteiger partial charge in [-0.2, -0.15) is 0 Å². The van der Waals surface area contributed by atoms with Crippen LogP contribution in [0.25, 0.3) is 0 Å². The van der Waals surface area contributed by atoms with Crippen LogP contribution in [0.5, 0.6) is 5.75 Å². The molecule has 2 aromatic rings. The number of hydrogen-bond acceptors (Lipinski definition) is 4. The molecule has 0 aliphatic carbocycles. The molecular formula is C19H21NO3S. The minimum Gasteiger partial charge on any atom is -0.490 e. The Hall–Kier alpha value is -1.85. The number of carbonyl (C=O) groups is 1. The lowest BCUT2D eigenvalue weighted by Gasteiger charge is -2.27. The Balaban J connectivity index is 1.48. The highest BCUT2D eigenvalue weighted by Crippen LogP contribution is 2.27. The van der Waals surface area contributed by atoms with Crippen LogP contribution < -0.4 is 4.74 Å². The van der Waals surface area contributed by atoms with E-state index in [4.69, 9.17) is 9.47 Å². The van der Waals surface area contributed by atoms with Crippen molar-refractivity contribution < 1.29 is 14.3 Å². The highest BCUT2D eigenvalue weighted by molar-refractivity contribution is 7.10. The number of para-hydroxylation sites is 1. The average molecular weight is 343 g/mol. The molecule has 0 bridgehead atoms. The van der Waals surface area contributed by atoms with Crippen molar-refractivity contribution in [1.82, 2.24) is 4.90 Å². The Labute approximate surface area is 146 Å². The van der Waals surface area contributed by atoms with Gasteiger partial charge in [-0.1, -0.05) is 12.1 Å². The number of carbonyl (C=O) groups excluding carboxylic acids is 1. The Morgan fingerprint density at radius 3 is 3.12 bits per heavy atom. The number of thiophene rings is 1. The molecule has 126 valence electrons. The minimum atomic E-state index is 0.0507. The summed E-state index contributed by atoms with van der Waals surface area (Å²) in [5, 5.41) is 2.11. The predicted molar refractivity (Wildman–Crippen MR) is 93.7 cm³/mol. The Kier molecular flexibility index (Phi) is 4.54. The van der Waals surface area contributed by atoms with E-state index in [0.29, 0.717) is 24.5 Å². The summed E-state index contributed by atoms with van der Waals surface area (Å²) >= 11 is 1.78. The molecule has 1 fully saturated rings. The first-order valence-corrected chi connectivity index (χ1v) is 9.37. The van der Waals surface area contributed by atoms with Crippen LogP contribution in [0.15, 0.2) is 35.7 Å². The summed E-state index contributed by atoms with van der Waals surface area (Å²) in [6, 6.07) is 9.67. The molecule has 0 saturated carbocycles. The second-order valence-electron chi connectivity index (χ2n) is 6.29. The predicted octanol–water partition coefficient (Wildman–Crippen LogP) is 3.50. The molecule has 0 radical (unpaired) electrons. The number of hydrogen-bond donors (Lipinski definition) is 0. The molecule has 0 N–H and O–H groups in total. The molecule has 4 rings (SSSR count). The van der Waals surface area contributed by atoms with Gasteiger partial charge in [-0.3, -0.25) is 4.79 Å². The maximum Gasteiger partial charge on any atom is 0.257 e. The van der Waals surface area contributed by atoms with Gasteiger partial charge in [-0.15, -0.1) is 11.3 Å². The van der Waals surface area contributed by atoms with Gasteiger partial charge in [0, 0.05) is 24.6 Å². The molecule has 24 heavy (non-hydrogen) atoms. The van der Waals surface area contributed by atoms with Crippen molar-refractivity contribution in [2.45, 2.75) is 31.9 Å². The van der Waals surface area contributed by atoms with E-state index in [2.05, 4.69) is 11.4 Å². The summed E-state index contributed by atoms with van der Waals surface area (Å²) in [7, 11) is 0. The van der Waals surface area contributed by atoms with Gasteiger partial charge in [0.1, 0.15) is 12.4 Å². The zero-order valence-electron chi connectivity index (χ0n) is 13.6. The third kappa shape index (κ3) is 3.19. The minimum absolute atomic E-state index is 0.0507. The first-order valence-electron chi connectivity index (χ1n) is 8.49. The van der Waals surface area contributed by atoms with E-state index in [1.165, 1.54) is 10.4 Å². The lowest BCUT2D eigenvalue weighted by atomic mass is 10.1. The van der Waals surface area contributed by atoms with Gasteiger partial charge >= 0.3 is 0 Å². The van der Waals surface area contributed by atoms with E-state index in [1.807, 2.05) is 29.2 Å². The third-order valence-electron chi connectivity index (χ3n) is 4.66. The quantitative estimate of drug-likeness (QED) is 0.853. The second-order valence-corrected chi connectivity index (χ2v) is 7.29. The zero-order valence-corrected chi connectivity index (χ0v) is 14.4. The van der Waals surface area contributed by atoms with E-state index in [0.717, 1.165) is 32.4 Å². The van der Waals surface area contributed by atoms with Crippen molar-refractivity contribution in [2.75, 3.05) is 19.8 Å². The molecule has 5 heteroatoms. The fourth-order valence-electron chi connectivity index (χ4n) is 3.32.